The lowest BCUT2D eigenvalue weighted by Crippen LogP contribution is -2.04. The first-order chi connectivity index (χ1) is 10.1. The van der Waals surface area contributed by atoms with Crippen LogP contribution >= 0.6 is 0 Å². The van der Waals surface area contributed by atoms with Crippen molar-refractivity contribution in [2.45, 2.75) is 46.7 Å². The van der Waals surface area contributed by atoms with Crippen LogP contribution in [0, 0.1) is 25.2 Å². The number of hydrogen-bond acceptors (Lipinski definition) is 4. The highest BCUT2D eigenvalue weighted by Crippen LogP contribution is 2.15. The summed E-state index contributed by atoms with van der Waals surface area (Å²) in [7, 11) is 0. The maximum Gasteiger partial charge on any atom is 0.144 e. The van der Waals surface area contributed by atoms with Crippen LogP contribution in [-0.2, 0) is 13.1 Å². The van der Waals surface area contributed by atoms with E-state index in [4.69, 9.17) is 5.26 Å². The highest BCUT2D eigenvalue weighted by molar-refractivity contribution is 5.52. The van der Waals surface area contributed by atoms with Crippen molar-refractivity contribution < 1.29 is 0 Å². The van der Waals surface area contributed by atoms with Gasteiger partial charge in [0.05, 0.1) is 11.3 Å². The Morgan fingerprint density at radius 1 is 1.33 bits per heavy atom. The number of pyridine rings is 1. The molecular formula is C16H21N5. The van der Waals surface area contributed by atoms with E-state index in [0.29, 0.717) is 17.9 Å². The van der Waals surface area contributed by atoms with Crippen molar-refractivity contribution in [1.29, 1.82) is 5.26 Å². The third-order valence-corrected chi connectivity index (χ3v) is 3.39. The standard InChI is InChI=1S/C16H21N5/c1-4-5-8-21-11-15(13(3)20-21)10-18-16-14(9-17)7-6-12(2)19-16/h6-7,11H,4-5,8,10H2,1-3H3,(H,18,19). The van der Waals surface area contributed by atoms with Gasteiger partial charge in [-0.05, 0) is 32.4 Å². The molecule has 0 bridgehead atoms. The van der Waals surface area contributed by atoms with Crippen LogP contribution in [0.3, 0.4) is 0 Å². The fourth-order valence-electron chi connectivity index (χ4n) is 2.13. The molecule has 0 atom stereocenters. The Morgan fingerprint density at radius 3 is 2.86 bits per heavy atom. The molecule has 2 heterocycles. The van der Waals surface area contributed by atoms with Crippen LogP contribution in [0.4, 0.5) is 5.82 Å². The van der Waals surface area contributed by atoms with E-state index in [-0.39, 0.29) is 0 Å². The van der Waals surface area contributed by atoms with Gasteiger partial charge in [-0.3, -0.25) is 4.68 Å². The minimum Gasteiger partial charge on any atom is -0.365 e. The molecule has 2 rings (SSSR count). The quantitative estimate of drug-likeness (QED) is 0.884. The van der Waals surface area contributed by atoms with Crippen molar-refractivity contribution in [1.82, 2.24) is 14.8 Å². The molecule has 0 aromatic carbocycles. The molecule has 0 amide bonds. The fourth-order valence-corrected chi connectivity index (χ4v) is 2.13. The zero-order valence-electron chi connectivity index (χ0n) is 12.8. The summed E-state index contributed by atoms with van der Waals surface area (Å²) in [6.45, 7) is 7.67. The molecule has 5 heteroatoms. The van der Waals surface area contributed by atoms with Gasteiger partial charge in [0.1, 0.15) is 11.9 Å². The monoisotopic (exact) mass is 283 g/mol. The Labute approximate surface area is 125 Å². The van der Waals surface area contributed by atoms with E-state index in [9.17, 15) is 0 Å². The first kappa shape index (κ1) is 15.0. The molecule has 0 saturated carbocycles. The third-order valence-electron chi connectivity index (χ3n) is 3.39. The maximum atomic E-state index is 9.12. The van der Waals surface area contributed by atoms with Gasteiger partial charge in [0.15, 0.2) is 0 Å². The molecule has 0 saturated heterocycles. The summed E-state index contributed by atoms with van der Waals surface area (Å²) in [6.07, 6.45) is 4.36. The van der Waals surface area contributed by atoms with Gasteiger partial charge >= 0.3 is 0 Å². The molecule has 0 fully saturated rings. The topological polar surface area (TPSA) is 66.5 Å². The number of nitrogens with one attached hydrogen (secondary N) is 1. The van der Waals surface area contributed by atoms with Crippen molar-refractivity contribution in [3.63, 3.8) is 0 Å². The van der Waals surface area contributed by atoms with Gasteiger partial charge in [-0.2, -0.15) is 10.4 Å². The third kappa shape index (κ3) is 3.82. The number of rotatable bonds is 6. The second-order valence-electron chi connectivity index (χ2n) is 5.17. The number of nitriles is 1. The molecule has 0 aliphatic carbocycles. The average Bonchev–Trinajstić information content (AvgIpc) is 2.83. The second-order valence-corrected chi connectivity index (χ2v) is 5.17. The number of aromatic nitrogens is 3. The highest BCUT2D eigenvalue weighted by atomic mass is 15.3. The van der Waals surface area contributed by atoms with Gasteiger partial charge < -0.3 is 5.32 Å². The predicted octanol–water partition coefficient (Wildman–Crippen LogP) is 3.18. The second kappa shape index (κ2) is 6.89. The molecule has 0 unspecified atom stereocenters. The SMILES string of the molecule is CCCCn1cc(CNc2nc(C)ccc2C#N)c(C)n1. The summed E-state index contributed by atoms with van der Waals surface area (Å²) in [4.78, 5) is 4.38. The summed E-state index contributed by atoms with van der Waals surface area (Å²) >= 11 is 0. The average molecular weight is 283 g/mol. The first-order valence-corrected chi connectivity index (χ1v) is 7.28. The Bertz CT molecular complexity index is 651. The smallest absolute Gasteiger partial charge is 0.144 e. The molecule has 5 nitrogen and oxygen atoms in total. The zero-order valence-corrected chi connectivity index (χ0v) is 12.8. The van der Waals surface area contributed by atoms with Crippen LogP contribution in [0.1, 0.15) is 42.3 Å². The Morgan fingerprint density at radius 2 is 2.14 bits per heavy atom. The molecule has 110 valence electrons. The minimum absolute atomic E-state index is 0.566. The summed E-state index contributed by atoms with van der Waals surface area (Å²) in [5, 5.41) is 16.9. The normalized spacial score (nSPS) is 10.4. The van der Waals surface area contributed by atoms with Crippen molar-refractivity contribution in [2.75, 3.05) is 5.32 Å². The number of unbranched alkanes of at least 4 members (excludes halogenated alkanes) is 1. The summed E-state index contributed by atoms with van der Waals surface area (Å²) in [5.41, 5.74) is 3.62. The van der Waals surface area contributed by atoms with Crippen LogP contribution in [0.2, 0.25) is 0 Å². The number of hydrogen-bond donors (Lipinski definition) is 1. The van der Waals surface area contributed by atoms with Crippen molar-refractivity contribution in [2.24, 2.45) is 0 Å². The van der Waals surface area contributed by atoms with E-state index < -0.39 is 0 Å². The zero-order chi connectivity index (χ0) is 15.2. The Hall–Kier alpha value is -2.35. The maximum absolute atomic E-state index is 9.12. The van der Waals surface area contributed by atoms with E-state index in [2.05, 4.69) is 34.6 Å². The minimum atomic E-state index is 0.566. The lowest BCUT2D eigenvalue weighted by atomic mass is 10.2. The van der Waals surface area contributed by atoms with E-state index in [0.717, 1.165) is 36.3 Å². The van der Waals surface area contributed by atoms with Crippen LogP contribution in [0.15, 0.2) is 18.3 Å². The van der Waals surface area contributed by atoms with Gasteiger partial charge in [0, 0.05) is 30.5 Å². The summed E-state index contributed by atoms with van der Waals surface area (Å²) < 4.78 is 1.99. The number of nitrogens with zero attached hydrogens (tertiary/aromatic N) is 4. The van der Waals surface area contributed by atoms with Crippen LogP contribution in [-0.4, -0.2) is 14.8 Å². The van der Waals surface area contributed by atoms with Crippen molar-refractivity contribution in [3.8, 4) is 6.07 Å². The van der Waals surface area contributed by atoms with E-state index in [1.54, 1.807) is 6.07 Å². The van der Waals surface area contributed by atoms with E-state index in [1.165, 1.54) is 0 Å². The largest absolute Gasteiger partial charge is 0.365 e. The summed E-state index contributed by atoms with van der Waals surface area (Å²) in [5.74, 6) is 0.637. The number of aryl methyl sites for hydroxylation is 3. The molecule has 1 N–H and O–H groups in total. The van der Waals surface area contributed by atoms with Gasteiger partial charge in [0.2, 0.25) is 0 Å². The van der Waals surface area contributed by atoms with Gasteiger partial charge in [-0.1, -0.05) is 13.3 Å². The first-order valence-electron chi connectivity index (χ1n) is 7.28. The molecule has 2 aromatic rings. The molecule has 2 aromatic heterocycles. The van der Waals surface area contributed by atoms with Crippen molar-refractivity contribution in [3.05, 3.63) is 40.8 Å². The molecule has 0 spiro atoms. The highest BCUT2D eigenvalue weighted by Gasteiger charge is 2.07. The molecular weight excluding hydrogens is 262 g/mol. The fraction of sp³-hybridized carbons (Fsp3) is 0.438. The number of anilines is 1. The van der Waals surface area contributed by atoms with Gasteiger partial charge in [-0.15, -0.1) is 0 Å². The van der Waals surface area contributed by atoms with Crippen LogP contribution < -0.4 is 5.32 Å². The van der Waals surface area contributed by atoms with Gasteiger partial charge in [-0.25, -0.2) is 4.98 Å². The van der Waals surface area contributed by atoms with Gasteiger partial charge in [0.25, 0.3) is 0 Å². The summed E-state index contributed by atoms with van der Waals surface area (Å²) in [6, 6.07) is 5.80. The lowest BCUT2D eigenvalue weighted by molar-refractivity contribution is 0.568. The molecule has 0 aliphatic rings. The molecule has 0 radical (unpaired) electrons. The molecule has 21 heavy (non-hydrogen) atoms. The van der Waals surface area contributed by atoms with Crippen LogP contribution in [0.25, 0.3) is 0 Å². The predicted molar refractivity (Wildman–Crippen MR) is 82.9 cm³/mol. The Kier molecular flexibility index (Phi) is 4.94. The molecule has 0 aliphatic heterocycles. The lowest BCUT2D eigenvalue weighted by Gasteiger charge is -2.07. The van der Waals surface area contributed by atoms with Crippen molar-refractivity contribution >= 4 is 5.82 Å². The van der Waals surface area contributed by atoms with Crippen LogP contribution in [0.5, 0.6) is 0 Å². The van der Waals surface area contributed by atoms with E-state index >= 15 is 0 Å². The van der Waals surface area contributed by atoms with E-state index in [1.807, 2.05) is 24.6 Å². The Balaban J connectivity index is 2.08.